The maximum absolute atomic E-state index is 12.3. The quantitative estimate of drug-likeness (QED) is 0.123. The second kappa shape index (κ2) is 11.5. The van der Waals surface area contributed by atoms with Crippen LogP contribution >= 0.6 is 0 Å². The minimum absolute atomic E-state index is 0.0484. The van der Waals surface area contributed by atoms with Crippen LogP contribution in [0.4, 0.5) is 17.1 Å². The molecule has 0 saturated heterocycles. The number of anilines is 2. The van der Waals surface area contributed by atoms with Crippen LogP contribution in [0.25, 0.3) is 21.5 Å². The fourth-order valence-corrected chi connectivity index (χ4v) is 7.30. The smallest absolute Gasteiger partial charge is 0.229 e. The molecule has 6 nitrogen and oxygen atoms in total. The van der Waals surface area contributed by atoms with Crippen LogP contribution < -0.4 is 19.3 Å². The molecule has 234 valence electrons. The van der Waals surface area contributed by atoms with E-state index in [0.717, 1.165) is 59.7 Å². The highest BCUT2D eigenvalue weighted by Crippen LogP contribution is 2.58. The maximum Gasteiger partial charge on any atom is 0.229 e. The van der Waals surface area contributed by atoms with E-state index in [-0.39, 0.29) is 5.78 Å². The number of Topliss-reactive ketones (excluding diaryl/α,β-unsaturated/α-hetero) is 1. The van der Waals surface area contributed by atoms with E-state index in [4.69, 9.17) is 14.5 Å². The lowest BCUT2D eigenvalue weighted by molar-refractivity contribution is 0.0773. The molecule has 5 aromatic rings. The first-order chi connectivity index (χ1) is 22.3. The highest BCUT2D eigenvalue weighted by Gasteiger charge is 2.60. The Morgan fingerprint density at radius 2 is 1.65 bits per heavy atom. The van der Waals surface area contributed by atoms with Crippen LogP contribution in [0.5, 0.6) is 11.5 Å². The number of benzene rings is 5. The Hall–Kier alpha value is -4.84. The van der Waals surface area contributed by atoms with E-state index in [1.807, 2.05) is 54.7 Å². The number of para-hydroxylation sites is 1. The van der Waals surface area contributed by atoms with Crippen molar-refractivity contribution in [2.24, 2.45) is 4.99 Å². The average Bonchev–Trinajstić information content (AvgIpc) is 3.25. The summed E-state index contributed by atoms with van der Waals surface area (Å²) in [4.78, 5) is 22.3. The SMILES string of the molecule is CCN(CC)c1cc2cc(C(C)=O)ccc2c2c1OC1(C=N2)N(CCCOc2ccccc2)c2c(ccc3ccccc23)C1(C)C. The Balaban J connectivity index is 1.38. The molecule has 0 saturated carbocycles. The van der Waals surface area contributed by atoms with Crippen molar-refractivity contribution in [2.75, 3.05) is 36.0 Å². The fraction of sp³-hybridized carbons (Fsp3) is 0.300. The lowest BCUT2D eigenvalue weighted by Gasteiger charge is -2.47. The second-order valence-electron chi connectivity index (χ2n) is 12.8. The first-order valence-corrected chi connectivity index (χ1v) is 16.4. The molecule has 0 fully saturated rings. The Kier molecular flexibility index (Phi) is 7.47. The van der Waals surface area contributed by atoms with Crippen molar-refractivity contribution in [2.45, 2.75) is 52.2 Å². The number of ketones is 1. The average molecular weight is 612 g/mol. The van der Waals surface area contributed by atoms with E-state index in [9.17, 15) is 4.79 Å². The third kappa shape index (κ3) is 4.61. The summed E-state index contributed by atoms with van der Waals surface area (Å²) in [6.07, 6.45) is 2.83. The molecule has 0 bridgehead atoms. The van der Waals surface area contributed by atoms with Crippen molar-refractivity contribution in [1.29, 1.82) is 0 Å². The summed E-state index contributed by atoms with van der Waals surface area (Å²) >= 11 is 0. The first-order valence-electron chi connectivity index (χ1n) is 16.4. The Morgan fingerprint density at radius 1 is 0.891 bits per heavy atom. The standard InChI is InChI=1S/C40H41N3O3/c1-6-42(7-2)35-25-30-24-29(27(3)44)18-20-32(30)36-38(35)46-40(26-41-36)39(4,5)34-21-19-28-14-11-12-17-33(28)37(34)43(40)22-13-23-45-31-15-9-8-10-16-31/h8-12,14-21,24-26H,6-7,13,22-23H2,1-5H3. The van der Waals surface area contributed by atoms with Gasteiger partial charge in [-0.25, -0.2) is 0 Å². The number of ether oxygens (including phenoxy) is 2. The van der Waals surface area contributed by atoms with Gasteiger partial charge in [0.15, 0.2) is 11.5 Å². The van der Waals surface area contributed by atoms with Crippen LogP contribution in [0, 0.1) is 0 Å². The fourth-order valence-electron chi connectivity index (χ4n) is 7.30. The van der Waals surface area contributed by atoms with Crippen LogP contribution in [0.2, 0.25) is 0 Å². The molecule has 0 aliphatic carbocycles. The third-order valence-corrected chi connectivity index (χ3v) is 9.86. The summed E-state index contributed by atoms with van der Waals surface area (Å²) in [5.41, 5.74) is 3.60. The minimum Gasteiger partial charge on any atom is -0.494 e. The molecule has 2 aliphatic heterocycles. The number of fused-ring (bicyclic) bond motifs is 6. The zero-order valence-corrected chi connectivity index (χ0v) is 27.3. The summed E-state index contributed by atoms with van der Waals surface area (Å²) in [5, 5.41) is 4.36. The van der Waals surface area contributed by atoms with Gasteiger partial charge in [0.25, 0.3) is 0 Å². The molecule has 1 spiro atoms. The zero-order chi connectivity index (χ0) is 32.1. The van der Waals surface area contributed by atoms with Crippen LogP contribution in [-0.2, 0) is 5.41 Å². The van der Waals surface area contributed by atoms with E-state index < -0.39 is 11.1 Å². The summed E-state index contributed by atoms with van der Waals surface area (Å²) in [6, 6.07) is 31.1. The largest absolute Gasteiger partial charge is 0.494 e. The van der Waals surface area contributed by atoms with E-state index in [1.54, 1.807) is 6.92 Å². The van der Waals surface area contributed by atoms with Crippen LogP contribution in [0.15, 0.2) is 96.0 Å². The monoisotopic (exact) mass is 611 g/mol. The Morgan fingerprint density at radius 3 is 2.41 bits per heavy atom. The molecular weight excluding hydrogens is 570 g/mol. The number of carbonyl (C=O) groups excluding carboxylic acids is 1. The molecule has 1 unspecified atom stereocenters. The number of hydrogen-bond acceptors (Lipinski definition) is 6. The van der Waals surface area contributed by atoms with Crippen molar-refractivity contribution < 1.29 is 14.3 Å². The van der Waals surface area contributed by atoms with Crippen LogP contribution in [0.1, 0.15) is 57.0 Å². The lowest BCUT2D eigenvalue weighted by Crippen LogP contribution is -2.62. The second-order valence-corrected chi connectivity index (χ2v) is 12.8. The minimum atomic E-state index is -0.881. The number of rotatable bonds is 9. The van der Waals surface area contributed by atoms with E-state index in [2.05, 4.69) is 80.0 Å². The number of aliphatic imine (C=N–C) groups is 1. The van der Waals surface area contributed by atoms with Crippen molar-refractivity contribution in [3.8, 4) is 11.5 Å². The maximum atomic E-state index is 12.3. The highest BCUT2D eigenvalue weighted by atomic mass is 16.5. The lowest BCUT2D eigenvalue weighted by atomic mass is 9.77. The summed E-state index contributed by atoms with van der Waals surface area (Å²) < 4.78 is 13.6. The van der Waals surface area contributed by atoms with Gasteiger partial charge >= 0.3 is 0 Å². The molecule has 5 aromatic carbocycles. The van der Waals surface area contributed by atoms with E-state index in [1.165, 1.54) is 22.0 Å². The molecule has 0 N–H and O–H groups in total. The topological polar surface area (TPSA) is 54.4 Å². The summed E-state index contributed by atoms with van der Waals surface area (Å²) in [5.74, 6) is 1.70. The predicted molar refractivity (Wildman–Crippen MR) is 190 cm³/mol. The first kappa shape index (κ1) is 29.8. The Labute approximate surface area is 271 Å². The molecule has 7 rings (SSSR count). The van der Waals surface area contributed by atoms with Crippen molar-refractivity contribution in [3.63, 3.8) is 0 Å². The van der Waals surface area contributed by atoms with Gasteiger partial charge in [-0.3, -0.25) is 9.79 Å². The summed E-state index contributed by atoms with van der Waals surface area (Å²) in [6.45, 7) is 13.4. The molecule has 2 aliphatic rings. The number of carbonyl (C=O) groups is 1. The van der Waals surface area contributed by atoms with Gasteiger partial charge < -0.3 is 19.3 Å². The van der Waals surface area contributed by atoms with E-state index in [0.29, 0.717) is 12.2 Å². The predicted octanol–water partition coefficient (Wildman–Crippen LogP) is 9.10. The molecule has 2 heterocycles. The van der Waals surface area contributed by atoms with Gasteiger partial charge in [-0.2, -0.15) is 0 Å². The van der Waals surface area contributed by atoms with E-state index >= 15 is 0 Å². The third-order valence-electron chi connectivity index (χ3n) is 9.86. The molecule has 0 aromatic heterocycles. The van der Waals surface area contributed by atoms with Crippen LogP contribution in [0.3, 0.4) is 0 Å². The number of hydrogen-bond donors (Lipinski definition) is 0. The molecule has 6 heteroatoms. The van der Waals surface area contributed by atoms with Crippen molar-refractivity contribution in [3.05, 3.63) is 102 Å². The van der Waals surface area contributed by atoms with Crippen molar-refractivity contribution >= 4 is 50.6 Å². The van der Waals surface area contributed by atoms with Gasteiger partial charge in [0.1, 0.15) is 11.4 Å². The highest BCUT2D eigenvalue weighted by molar-refractivity contribution is 6.08. The van der Waals surface area contributed by atoms with Gasteiger partial charge in [0.05, 0.1) is 29.6 Å². The summed E-state index contributed by atoms with van der Waals surface area (Å²) in [7, 11) is 0. The van der Waals surface area contributed by atoms with Gasteiger partial charge in [0, 0.05) is 36.0 Å². The Bertz CT molecular complexity index is 1980. The normalized spacial score (nSPS) is 17.6. The van der Waals surface area contributed by atoms with Gasteiger partial charge in [0.2, 0.25) is 5.72 Å². The molecule has 46 heavy (non-hydrogen) atoms. The van der Waals surface area contributed by atoms with Crippen LogP contribution in [-0.4, -0.2) is 44.0 Å². The van der Waals surface area contributed by atoms with Crippen molar-refractivity contribution in [1.82, 2.24) is 0 Å². The van der Waals surface area contributed by atoms with Gasteiger partial charge in [-0.1, -0.05) is 66.7 Å². The molecule has 0 radical (unpaired) electrons. The van der Waals surface area contributed by atoms with Gasteiger partial charge in [-0.05, 0) is 81.6 Å². The molecule has 1 atom stereocenters. The number of nitrogens with zero attached hydrogens (tertiary/aromatic N) is 3. The zero-order valence-electron chi connectivity index (χ0n) is 27.3. The molecule has 0 amide bonds. The molecular formula is C40H41N3O3. The van der Waals surface area contributed by atoms with Gasteiger partial charge in [-0.15, -0.1) is 0 Å².